The fourth-order valence-corrected chi connectivity index (χ4v) is 3.84. The van der Waals surface area contributed by atoms with Crippen LogP contribution < -0.4 is 0 Å². The van der Waals surface area contributed by atoms with Gasteiger partial charge in [0, 0.05) is 19.0 Å². The largest absolute Gasteiger partial charge is 0.218 e. The fraction of sp³-hybridized carbons (Fsp3) is 0.571. The first-order valence-corrected chi connectivity index (χ1v) is 8.68. The Bertz CT molecular complexity index is 523. The molecule has 106 valence electrons. The summed E-state index contributed by atoms with van der Waals surface area (Å²) in [5.41, 5.74) is 1.81. The van der Waals surface area contributed by atoms with E-state index in [2.05, 4.69) is 0 Å². The maximum Gasteiger partial charge on any atom is 0.218 e. The number of rotatable bonds is 6. The second-order valence-corrected chi connectivity index (χ2v) is 7.60. The van der Waals surface area contributed by atoms with Gasteiger partial charge in [0.1, 0.15) is 0 Å². The third kappa shape index (κ3) is 3.71. The summed E-state index contributed by atoms with van der Waals surface area (Å²) < 4.78 is 26.2. The van der Waals surface area contributed by atoms with Crippen LogP contribution >= 0.6 is 11.6 Å². The van der Waals surface area contributed by atoms with Crippen molar-refractivity contribution in [2.24, 2.45) is 5.92 Å². The molecule has 3 nitrogen and oxygen atoms in total. The quantitative estimate of drug-likeness (QED) is 0.758. The van der Waals surface area contributed by atoms with E-state index in [9.17, 15) is 8.42 Å². The molecule has 1 aromatic rings. The first-order chi connectivity index (χ1) is 8.94. The monoisotopic (exact) mass is 301 g/mol. The summed E-state index contributed by atoms with van der Waals surface area (Å²) in [6, 6.07) is 7.53. The van der Waals surface area contributed by atoms with Gasteiger partial charge in [0.25, 0.3) is 0 Å². The van der Waals surface area contributed by atoms with Gasteiger partial charge >= 0.3 is 0 Å². The predicted molar refractivity (Wildman–Crippen MR) is 78.6 cm³/mol. The molecule has 1 aliphatic carbocycles. The van der Waals surface area contributed by atoms with Gasteiger partial charge in [-0.1, -0.05) is 24.3 Å². The van der Waals surface area contributed by atoms with Gasteiger partial charge in [-0.25, -0.2) is 12.7 Å². The van der Waals surface area contributed by atoms with E-state index in [-0.39, 0.29) is 11.8 Å². The molecule has 19 heavy (non-hydrogen) atoms. The first-order valence-electron chi connectivity index (χ1n) is 6.53. The van der Waals surface area contributed by atoms with Crippen molar-refractivity contribution in [3.8, 4) is 0 Å². The Labute approximate surface area is 120 Å². The molecule has 1 saturated carbocycles. The van der Waals surface area contributed by atoms with Crippen molar-refractivity contribution < 1.29 is 8.42 Å². The SMILES string of the molecule is CC(C1CC1)N(C)S(=O)(=O)Cc1ccc(CCl)cc1. The van der Waals surface area contributed by atoms with Gasteiger partial charge in [0.05, 0.1) is 5.75 Å². The Morgan fingerprint density at radius 1 is 1.26 bits per heavy atom. The van der Waals surface area contributed by atoms with Crippen molar-refractivity contribution in [3.63, 3.8) is 0 Å². The highest BCUT2D eigenvalue weighted by Crippen LogP contribution is 2.35. The molecule has 0 aliphatic heterocycles. The summed E-state index contributed by atoms with van der Waals surface area (Å²) in [6.45, 7) is 1.99. The van der Waals surface area contributed by atoms with E-state index in [1.807, 2.05) is 31.2 Å². The molecule has 5 heteroatoms. The highest BCUT2D eigenvalue weighted by atomic mass is 35.5. The minimum absolute atomic E-state index is 0.0587. The summed E-state index contributed by atoms with van der Waals surface area (Å²) in [4.78, 5) is 0. The van der Waals surface area contributed by atoms with Gasteiger partial charge in [0.15, 0.2) is 0 Å². The molecule has 0 aromatic heterocycles. The molecular weight excluding hydrogens is 282 g/mol. The minimum atomic E-state index is -3.24. The molecule has 0 spiro atoms. The van der Waals surface area contributed by atoms with Crippen molar-refractivity contribution in [3.05, 3.63) is 35.4 Å². The molecule has 0 N–H and O–H groups in total. The van der Waals surface area contributed by atoms with Gasteiger partial charge in [0.2, 0.25) is 10.0 Å². The van der Waals surface area contributed by atoms with Crippen molar-refractivity contribution in [2.45, 2.75) is 37.4 Å². The second-order valence-electron chi connectivity index (χ2n) is 5.30. The molecule has 2 rings (SSSR count). The maximum atomic E-state index is 12.3. The van der Waals surface area contributed by atoms with Crippen LogP contribution in [-0.2, 0) is 21.7 Å². The molecule has 1 unspecified atom stereocenters. The molecular formula is C14H20ClNO2S. The summed E-state index contributed by atoms with van der Waals surface area (Å²) in [7, 11) is -1.55. The van der Waals surface area contributed by atoms with Gasteiger partial charge < -0.3 is 0 Å². The Balaban J connectivity index is 2.06. The number of hydrogen-bond acceptors (Lipinski definition) is 2. The van der Waals surface area contributed by atoms with Crippen LogP contribution in [0.2, 0.25) is 0 Å². The van der Waals surface area contributed by atoms with Gasteiger partial charge in [-0.05, 0) is 36.8 Å². The molecule has 0 radical (unpaired) electrons. The Morgan fingerprint density at radius 2 is 1.79 bits per heavy atom. The van der Waals surface area contributed by atoms with E-state index in [4.69, 9.17) is 11.6 Å². The number of nitrogens with zero attached hydrogens (tertiary/aromatic N) is 1. The van der Waals surface area contributed by atoms with Crippen molar-refractivity contribution >= 4 is 21.6 Å². The van der Waals surface area contributed by atoms with Crippen LogP contribution in [-0.4, -0.2) is 25.8 Å². The van der Waals surface area contributed by atoms with Crippen LogP contribution in [0.3, 0.4) is 0 Å². The topological polar surface area (TPSA) is 37.4 Å². The highest BCUT2D eigenvalue weighted by molar-refractivity contribution is 7.88. The van der Waals surface area contributed by atoms with Crippen LogP contribution in [0.25, 0.3) is 0 Å². The molecule has 1 aromatic carbocycles. The summed E-state index contributed by atoms with van der Waals surface area (Å²) in [5, 5.41) is 0. The number of halogens is 1. The second kappa shape index (κ2) is 5.81. The van der Waals surface area contributed by atoms with E-state index in [0.717, 1.165) is 24.0 Å². The number of alkyl halides is 1. The van der Waals surface area contributed by atoms with E-state index in [1.54, 1.807) is 7.05 Å². The smallest absolute Gasteiger partial charge is 0.212 e. The predicted octanol–water partition coefficient (Wildman–Crippen LogP) is 2.99. The lowest BCUT2D eigenvalue weighted by molar-refractivity contribution is 0.356. The first kappa shape index (κ1) is 14.8. The van der Waals surface area contributed by atoms with Crippen LogP contribution in [0.5, 0.6) is 0 Å². The zero-order valence-corrected chi connectivity index (χ0v) is 12.9. The van der Waals surface area contributed by atoms with Crippen LogP contribution in [0.1, 0.15) is 30.9 Å². The van der Waals surface area contributed by atoms with Crippen LogP contribution in [0.4, 0.5) is 0 Å². The normalized spacial score (nSPS) is 17.7. The zero-order chi connectivity index (χ0) is 14.0. The van der Waals surface area contributed by atoms with E-state index < -0.39 is 10.0 Å². The summed E-state index contributed by atoms with van der Waals surface area (Å²) >= 11 is 5.72. The van der Waals surface area contributed by atoms with Gasteiger partial charge in [-0.3, -0.25) is 0 Å². The van der Waals surface area contributed by atoms with E-state index in [0.29, 0.717) is 11.8 Å². The van der Waals surface area contributed by atoms with E-state index in [1.165, 1.54) is 4.31 Å². The maximum absolute atomic E-state index is 12.3. The molecule has 1 aliphatic rings. The Kier molecular flexibility index (Phi) is 4.54. The number of benzene rings is 1. The molecule has 1 atom stereocenters. The van der Waals surface area contributed by atoms with Crippen molar-refractivity contribution in [2.75, 3.05) is 7.05 Å². The molecule has 0 saturated heterocycles. The lowest BCUT2D eigenvalue weighted by atomic mass is 10.2. The standard InChI is InChI=1S/C14H20ClNO2S/c1-11(14-7-8-14)16(2)19(17,18)10-13-5-3-12(9-15)4-6-13/h3-6,11,14H,7-10H2,1-2H3. The lowest BCUT2D eigenvalue weighted by Gasteiger charge is -2.24. The molecule has 0 amide bonds. The van der Waals surface area contributed by atoms with Crippen molar-refractivity contribution in [1.82, 2.24) is 4.31 Å². The van der Waals surface area contributed by atoms with Crippen LogP contribution in [0.15, 0.2) is 24.3 Å². The third-order valence-electron chi connectivity index (χ3n) is 3.84. The number of sulfonamides is 1. The average molecular weight is 302 g/mol. The molecule has 0 heterocycles. The fourth-order valence-electron chi connectivity index (χ4n) is 2.17. The Morgan fingerprint density at radius 3 is 2.26 bits per heavy atom. The summed E-state index contributed by atoms with van der Waals surface area (Å²) in [6.07, 6.45) is 2.29. The van der Waals surface area contributed by atoms with Crippen molar-refractivity contribution in [1.29, 1.82) is 0 Å². The zero-order valence-electron chi connectivity index (χ0n) is 11.3. The third-order valence-corrected chi connectivity index (χ3v) is 6.06. The molecule has 0 bridgehead atoms. The minimum Gasteiger partial charge on any atom is -0.212 e. The summed E-state index contributed by atoms with van der Waals surface area (Å²) in [5.74, 6) is 1.05. The van der Waals surface area contributed by atoms with E-state index >= 15 is 0 Å². The van der Waals surface area contributed by atoms with Gasteiger partial charge in [-0.2, -0.15) is 0 Å². The molecule has 1 fully saturated rings. The van der Waals surface area contributed by atoms with Crippen LogP contribution in [0, 0.1) is 5.92 Å². The number of hydrogen-bond donors (Lipinski definition) is 0. The lowest BCUT2D eigenvalue weighted by Crippen LogP contribution is -2.37. The van der Waals surface area contributed by atoms with Gasteiger partial charge in [-0.15, -0.1) is 11.6 Å². The highest BCUT2D eigenvalue weighted by Gasteiger charge is 2.35. The Hall–Kier alpha value is -0.580. The average Bonchev–Trinajstić information content (AvgIpc) is 3.22.